The molecule has 0 saturated heterocycles. The predicted molar refractivity (Wildman–Crippen MR) is 99.8 cm³/mol. The zero-order valence-electron chi connectivity index (χ0n) is 13.5. The molecule has 25 heavy (non-hydrogen) atoms. The van der Waals surface area contributed by atoms with Crippen molar-refractivity contribution in [2.24, 2.45) is 0 Å². The molecule has 1 N–H and O–H groups in total. The van der Waals surface area contributed by atoms with E-state index in [0.717, 1.165) is 21.9 Å². The van der Waals surface area contributed by atoms with Crippen LogP contribution in [0.25, 0.3) is 21.9 Å². The van der Waals surface area contributed by atoms with Crippen LogP contribution in [-0.4, -0.2) is 9.55 Å². The molecule has 0 saturated carbocycles. The van der Waals surface area contributed by atoms with Gasteiger partial charge in [-0.2, -0.15) is 0 Å². The van der Waals surface area contributed by atoms with Gasteiger partial charge in [0.05, 0.1) is 12.1 Å². The molecule has 4 heteroatoms. The van der Waals surface area contributed by atoms with Crippen LogP contribution < -0.4 is 11.2 Å². The molecule has 0 bridgehead atoms. The van der Waals surface area contributed by atoms with Crippen molar-refractivity contribution in [1.29, 1.82) is 0 Å². The van der Waals surface area contributed by atoms with Crippen LogP contribution >= 0.6 is 0 Å². The summed E-state index contributed by atoms with van der Waals surface area (Å²) in [6, 6.07) is 23.3. The van der Waals surface area contributed by atoms with Crippen molar-refractivity contribution in [3.05, 3.63) is 105 Å². The first-order valence-corrected chi connectivity index (χ1v) is 8.08. The molecular formula is C21H16N2O2. The average molecular weight is 328 g/mol. The standard InChI is InChI=1S/C21H16N2O2/c24-20-19(18-11-10-16-8-4-5-9-17(16)12-18)13-22-21(25)23(20)14-15-6-2-1-3-7-15/h1-13H,14H2,(H,22,25). The molecule has 0 fully saturated rings. The number of H-pyrrole nitrogens is 1. The Morgan fingerprint density at radius 2 is 1.52 bits per heavy atom. The highest BCUT2D eigenvalue weighted by atomic mass is 16.2. The maximum atomic E-state index is 12.9. The largest absolute Gasteiger partial charge is 0.328 e. The van der Waals surface area contributed by atoms with E-state index >= 15 is 0 Å². The smallest absolute Gasteiger partial charge is 0.313 e. The summed E-state index contributed by atoms with van der Waals surface area (Å²) in [5.74, 6) is 0. The van der Waals surface area contributed by atoms with Crippen LogP contribution in [0.2, 0.25) is 0 Å². The summed E-state index contributed by atoms with van der Waals surface area (Å²) in [6.07, 6.45) is 1.50. The number of benzene rings is 3. The first kappa shape index (κ1) is 15.1. The summed E-state index contributed by atoms with van der Waals surface area (Å²) in [5.41, 5.74) is 1.50. The van der Waals surface area contributed by atoms with Crippen molar-refractivity contribution in [2.75, 3.05) is 0 Å². The van der Waals surface area contributed by atoms with Crippen LogP contribution in [0.1, 0.15) is 5.56 Å². The second-order valence-electron chi connectivity index (χ2n) is 5.95. The topological polar surface area (TPSA) is 54.9 Å². The Bertz CT molecular complexity index is 1160. The molecule has 0 atom stereocenters. The van der Waals surface area contributed by atoms with Crippen LogP contribution in [0.15, 0.2) is 88.6 Å². The van der Waals surface area contributed by atoms with Crippen molar-refractivity contribution < 1.29 is 0 Å². The minimum Gasteiger partial charge on any atom is -0.313 e. The Morgan fingerprint density at radius 3 is 2.32 bits per heavy atom. The first-order valence-electron chi connectivity index (χ1n) is 8.08. The van der Waals surface area contributed by atoms with Crippen LogP contribution in [0.4, 0.5) is 0 Å². The van der Waals surface area contributed by atoms with Gasteiger partial charge in [-0.3, -0.25) is 9.36 Å². The lowest BCUT2D eigenvalue weighted by Crippen LogP contribution is -2.35. The Morgan fingerprint density at radius 1 is 0.800 bits per heavy atom. The lowest BCUT2D eigenvalue weighted by atomic mass is 10.0. The fourth-order valence-electron chi connectivity index (χ4n) is 2.98. The van der Waals surface area contributed by atoms with Crippen molar-refractivity contribution in [3.8, 4) is 11.1 Å². The molecule has 122 valence electrons. The highest BCUT2D eigenvalue weighted by molar-refractivity contribution is 5.87. The number of nitrogens with zero attached hydrogens (tertiary/aromatic N) is 1. The SMILES string of the molecule is O=c1[nH]cc(-c2ccc3ccccc3c2)c(=O)n1Cc1ccccc1. The molecule has 1 aromatic heterocycles. The summed E-state index contributed by atoms with van der Waals surface area (Å²) in [6.45, 7) is 0.246. The number of aromatic amines is 1. The monoisotopic (exact) mass is 328 g/mol. The Balaban J connectivity index is 1.83. The maximum absolute atomic E-state index is 12.9. The Labute approximate surface area is 144 Å². The van der Waals surface area contributed by atoms with Crippen LogP contribution in [-0.2, 0) is 6.54 Å². The third kappa shape index (κ3) is 2.90. The lowest BCUT2D eigenvalue weighted by molar-refractivity contribution is 0.701. The summed E-state index contributed by atoms with van der Waals surface area (Å²) in [5, 5.41) is 2.17. The number of rotatable bonds is 3. The van der Waals surface area contributed by atoms with E-state index in [0.29, 0.717) is 5.56 Å². The molecule has 0 unspecified atom stereocenters. The van der Waals surface area contributed by atoms with Gasteiger partial charge in [-0.05, 0) is 28.0 Å². The van der Waals surface area contributed by atoms with E-state index in [4.69, 9.17) is 0 Å². The second-order valence-corrected chi connectivity index (χ2v) is 5.95. The number of hydrogen-bond acceptors (Lipinski definition) is 2. The van der Waals surface area contributed by atoms with E-state index in [1.165, 1.54) is 10.8 Å². The molecule has 0 radical (unpaired) electrons. The van der Waals surface area contributed by atoms with Gasteiger partial charge < -0.3 is 4.98 Å². The maximum Gasteiger partial charge on any atom is 0.328 e. The van der Waals surface area contributed by atoms with Gasteiger partial charge in [-0.25, -0.2) is 4.79 Å². The highest BCUT2D eigenvalue weighted by Gasteiger charge is 2.10. The molecular weight excluding hydrogens is 312 g/mol. The van der Waals surface area contributed by atoms with E-state index in [2.05, 4.69) is 4.98 Å². The van der Waals surface area contributed by atoms with Gasteiger partial charge in [0.15, 0.2) is 0 Å². The van der Waals surface area contributed by atoms with Gasteiger partial charge >= 0.3 is 5.69 Å². The molecule has 0 aliphatic carbocycles. The predicted octanol–water partition coefficient (Wildman–Crippen LogP) is 3.41. The number of nitrogens with one attached hydrogen (secondary N) is 1. The van der Waals surface area contributed by atoms with Gasteiger partial charge in [0.25, 0.3) is 5.56 Å². The van der Waals surface area contributed by atoms with Gasteiger partial charge in [0.1, 0.15) is 0 Å². The summed E-state index contributed by atoms with van der Waals surface area (Å²) in [4.78, 5) is 27.7. The number of aromatic nitrogens is 2. The van der Waals surface area contributed by atoms with Crippen molar-refractivity contribution in [3.63, 3.8) is 0 Å². The first-order chi connectivity index (χ1) is 12.2. The van der Waals surface area contributed by atoms with E-state index in [9.17, 15) is 9.59 Å². The van der Waals surface area contributed by atoms with Crippen LogP contribution in [0.3, 0.4) is 0 Å². The fraction of sp³-hybridized carbons (Fsp3) is 0.0476. The second kappa shape index (κ2) is 6.24. The molecule has 3 aromatic carbocycles. The molecule has 1 heterocycles. The number of hydrogen-bond donors (Lipinski definition) is 1. The van der Waals surface area contributed by atoms with Crippen LogP contribution in [0, 0.1) is 0 Å². The molecule has 4 rings (SSSR count). The lowest BCUT2D eigenvalue weighted by Gasteiger charge is -2.08. The Hall–Kier alpha value is -3.40. The quantitative estimate of drug-likeness (QED) is 0.626. The molecule has 4 nitrogen and oxygen atoms in total. The van der Waals surface area contributed by atoms with E-state index in [1.54, 1.807) is 0 Å². The zero-order chi connectivity index (χ0) is 17.2. The minimum atomic E-state index is -0.404. The Kier molecular flexibility index (Phi) is 3.78. The number of fused-ring (bicyclic) bond motifs is 1. The molecule has 0 spiro atoms. The van der Waals surface area contributed by atoms with Gasteiger partial charge in [-0.1, -0.05) is 66.7 Å². The summed E-state index contributed by atoms with van der Waals surface area (Å²) in [7, 11) is 0. The van der Waals surface area contributed by atoms with Gasteiger partial charge in [-0.15, -0.1) is 0 Å². The zero-order valence-corrected chi connectivity index (χ0v) is 13.5. The fourth-order valence-corrected chi connectivity index (χ4v) is 2.98. The molecule has 0 aliphatic heterocycles. The molecule has 0 aliphatic rings. The third-order valence-electron chi connectivity index (χ3n) is 4.30. The van der Waals surface area contributed by atoms with E-state index in [-0.39, 0.29) is 12.1 Å². The van der Waals surface area contributed by atoms with Crippen molar-refractivity contribution in [1.82, 2.24) is 9.55 Å². The highest BCUT2D eigenvalue weighted by Crippen LogP contribution is 2.21. The average Bonchev–Trinajstić information content (AvgIpc) is 2.66. The van der Waals surface area contributed by atoms with Crippen molar-refractivity contribution >= 4 is 10.8 Å². The van der Waals surface area contributed by atoms with E-state index < -0.39 is 5.69 Å². The summed E-state index contributed by atoms with van der Waals surface area (Å²) >= 11 is 0. The minimum absolute atomic E-state index is 0.246. The molecule has 4 aromatic rings. The normalized spacial score (nSPS) is 10.9. The van der Waals surface area contributed by atoms with Gasteiger partial charge in [0, 0.05) is 6.20 Å². The molecule has 0 amide bonds. The van der Waals surface area contributed by atoms with E-state index in [1.807, 2.05) is 72.8 Å². The van der Waals surface area contributed by atoms with Crippen LogP contribution in [0.5, 0.6) is 0 Å². The van der Waals surface area contributed by atoms with Crippen molar-refractivity contribution in [2.45, 2.75) is 6.54 Å². The van der Waals surface area contributed by atoms with Gasteiger partial charge in [0.2, 0.25) is 0 Å². The third-order valence-corrected chi connectivity index (χ3v) is 4.30. The summed E-state index contributed by atoms with van der Waals surface area (Å²) < 4.78 is 1.24.